The van der Waals surface area contributed by atoms with Gasteiger partial charge in [-0.05, 0) is 46.3 Å². The van der Waals surface area contributed by atoms with Crippen LogP contribution in [-0.4, -0.2) is 11.8 Å². The molecule has 2 N–H and O–H groups in total. The molecule has 2 amide bonds. The van der Waals surface area contributed by atoms with E-state index in [-0.39, 0.29) is 0 Å². The largest absolute Gasteiger partial charge is 0.318 e. The lowest BCUT2D eigenvalue weighted by Gasteiger charge is -2.08. The summed E-state index contributed by atoms with van der Waals surface area (Å²) in [5.41, 5.74) is 0.849. The molecule has 0 heterocycles. The average Bonchev–Trinajstić information content (AvgIpc) is 2.40. The van der Waals surface area contributed by atoms with Gasteiger partial charge in [0.15, 0.2) is 0 Å². The molecule has 21 heavy (non-hydrogen) atoms. The summed E-state index contributed by atoms with van der Waals surface area (Å²) in [4.78, 5) is 23.7. The maximum atomic E-state index is 11.8. The Morgan fingerprint density at radius 2 is 1.48 bits per heavy atom. The lowest BCUT2D eigenvalue weighted by Crippen LogP contribution is -2.29. The van der Waals surface area contributed by atoms with Crippen molar-refractivity contribution in [3.8, 4) is 0 Å². The first-order valence-corrected chi connectivity index (χ1v) is 7.33. The molecule has 0 aromatic heterocycles. The van der Waals surface area contributed by atoms with Crippen LogP contribution in [0.4, 0.5) is 11.4 Å². The van der Waals surface area contributed by atoms with E-state index in [0.29, 0.717) is 25.9 Å². The van der Waals surface area contributed by atoms with E-state index >= 15 is 0 Å². The van der Waals surface area contributed by atoms with Gasteiger partial charge >= 0.3 is 11.8 Å². The van der Waals surface area contributed by atoms with E-state index in [1.807, 2.05) is 0 Å². The number of rotatable bonds is 2. The maximum absolute atomic E-state index is 11.8. The van der Waals surface area contributed by atoms with Gasteiger partial charge in [0.2, 0.25) is 0 Å². The molecule has 7 heteroatoms. The summed E-state index contributed by atoms with van der Waals surface area (Å²) in [5, 5.41) is 5.65. The minimum absolute atomic E-state index is 0.347. The lowest BCUT2D eigenvalue weighted by molar-refractivity contribution is -0.133. The Kier molecular flexibility index (Phi) is 5.22. The van der Waals surface area contributed by atoms with Gasteiger partial charge in [-0.3, -0.25) is 9.59 Å². The second-order valence-electron chi connectivity index (χ2n) is 4.05. The highest BCUT2D eigenvalue weighted by molar-refractivity contribution is 9.10. The quantitative estimate of drug-likeness (QED) is 0.753. The summed E-state index contributed by atoms with van der Waals surface area (Å²) in [7, 11) is 0. The van der Waals surface area contributed by atoms with Crippen LogP contribution in [0.25, 0.3) is 0 Å². The summed E-state index contributed by atoms with van der Waals surface area (Å²) in [6.07, 6.45) is 0. The molecule has 4 nitrogen and oxygen atoms in total. The fourth-order valence-corrected chi connectivity index (χ4v) is 2.47. The number of halogens is 3. The first-order valence-electron chi connectivity index (χ1n) is 5.78. The highest BCUT2D eigenvalue weighted by Gasteiger charge is 2.15. The van der Waals surface area contributed by atoms with Gasteiger partial charge in [0.05, 0.1) is 5.69 Å². The molecule has 0 radical (unpaired) electrons. The minimum atomic E-state index is -0.816. The number of hydrogen-bond donors (Lipinski definition) is 2. The zero-order valence-corrected chi connectivity index (χ0v) is 13.6. The summed E-state index contributed by atoms with van der Waals surface area (Å²) in [5.74, 6) is -1.61. The smallest absolute Gasteiger partial charge is 0.314 e. The number of benzene rings is 2. The average molecular weight is 388 g/mol. The van der Waals surface area contributed by atoms with Gasteiger partial charge in [0.25, 0.3) is 0 Å². The fourth-order valence-electron chi connectivity index (χ4n) is 1.56. The van der Waals surface area contributed by atoms with Crippen LogP contribution in [0.1, 0.15) is 0 Å². The molecule has 2 aromatic rings. The van der Waals surface area contributed by atoms with E-state index in [2.05, 4.69) is 26.6 Å². The molecule has 0 saturated carbocycles. The molecule has 108 valence electrons. The Morgan fingerprint density at radius 3 is 2.10 bits per heavy atom. The second-order valence-corrected chi connectivity index (χ2v) is 5.77. The van der Waals surface area contributed by atoms with Crippen LogP contribution < -0.4 is 10.6 Å². The van der Waals surface area contributed by atoms with Gasteiger partial charge in [-0.25, -0.2) is 0 Å². The molecule has 0 saturated heterocycles. The molecule has 0 bridgehead atoms. The number of carbonyl (C=O) groups is 2. The van der Waals surface area contributed by atoms with E-state index in [0.717, 1.165) is 0 Å². The Hall–Kier alpha value is -1.56. The maximum Gasteiger partial charge on any atom is 0.314 e. The van der Waals surface area contributed by atoms with Crippen molar-refractivity contribution in [1.29, 1.82) is 0 Å². The summed E-state index contributed by atoms with van der Waals surface area (Å²) >= 11 is 14.9. The Bertz CT molecular complexity index is 687. The van der Waals surface area contributed by atoms with Gasteiger partial charge in [-0.2, -0.15) is 0 Å². The van der Waals surface area contributed by atoms with Gasteiger partial charge in [-0.1, -0.05) is 35.3 Å². The van der Waals surface area contributed by atoms with Crippen molar-refractivity contribution in [3.63, 3.8) is 0 Å². The van der Waals surface area contributed by atoms with Crippen molar-refractivity contribution in [2.24, 2.45) is 0 Å². The fraction of sp³-hybridized carbons (Fsp3) is 0. The molecule has 2 aromatic carbocycles. The van der Waals surface area contributed by atoms with E-state index in [9.17, 15) is 9.59 Å². The molecular weight excluding hydrogens is 379 g/mol. The lowest BCUT2D eigenvalue weighted by atomic mass is 10.3. The van der Waals surface area contributed by atoms with Crippen LogP contribution in [0.2, 0.25) is 10.0 Å². The third kappa shape index (κ3) is 4.46. The summed E-state index contributed by atoms with van der Waals surface area (Å²) < 4.78 is 0.678. The third-order valence-electron chi connectivity index (χ3n) is 2.45. The number of amides is 2. The molecule has 0 aliphatic carbocycles. The summed E-state index contributed by atoms with van der Waals surface area (Å²) in [6.45, 7) is 0. The predicted octanol–water partition coefficient (Wildman–Crippen LogP) is 4.33. The highest BCUT2D eigenvalue weighted by Crippen LogP contribution is 2.23. The van der Waals surface area contributed by atoms with Gasteiger partial charge in [-0.15, -0.1) is 0 Å². The third-order valence-corrected chi connectivity index (χ3v) is 3.58. The number of hydrogen-bond acceptors (Lipinski definition) is 2. The standard InChI is InChI=1S/C14H9BrCl2N2O2/c15-11-3-1-2-4-12(11)19-14(21)13(20)18-10-6-8(16)5-9(17)7-10/h1-7H,(H,18,20)(H,19,21). The van der Waals surface area contributed by atoms with Crippen molar-refractivity contribution >= 4 is 62.3 Å². The molecule has 0 aliphatic rings. The van der Waals surface area contributed by atoms with Crippen LogP contribution in [0.5, 0.6) is 0 Å². The zero-order chi connectivity index (χ0) is 15.4. The number of para-hydroxylation sites is 1. The van der Waals surface area contributed by atoms with Crippen molar-refractivity contribution < 1.29 is 9.59 Å². The monoisotopic (exact) mass is 386 g/mol. The Morgan fingerprint density at radius 1 is 0.905 bits per heavy atom. The van der Waals surface area contributed by atoms with E-state index in [1.54, 1.807) is 24.3 Å². The van der Waals surface area contributed by atoms with Gasteiger partial charge in [0, 0.05) is 20.2 Å². The molecule has 2 rings (SSSR count). The number of nitrogens with one attached hydrogen (secondary N) is 2. The second kappa shape index (κ2) is 6.93. The van der Waals surface area contributed by atoms with Crippen LogP contribution in [0.3, 0.4) is 0 Å². The van der Waals surface area contributed by atoms with Crippen LogP contribution in [-0.2, 0) is 9.59 Å². The van der Waals surface area contributed by atoms with E-state index in [1.165, 1.54) is 18.2 Å². The molecule has 0 atom stereocenters. The minimum Gasteiger partial charge on any atom is -0.318 e. The first kappa shape index (κ1) is 15.8. The number of carbonyl (C=O) groups excluding carboxylic acids is 2. The summed E-state index contributed by atoms with van der Waals surface area (Å²) in [6, 6.07) is 11.5. The molecule has 0 aliphatic heterocycles. The Labute approximate surface area is 139 Å². The Balaban J connectivity index is 2.06. The van der Waals surface area contributed by atoms with Gasteiger partial charge in [0.1, 0.15) is 0 Å². The van der Waals surface area contributed by atoms with Crippen LogP contribution in [0.15, 0.2) is 46.9 Å². The van der Waals surface area contributed by atoms with Crippen LogP contribution >= 0.6 is 39.1 Å². The molecular formula is C14H9BrCl2N2O2. The van der Waals surface area contributed by atoms with Crippen molar-refractivity contribution in [2.45, 2.75) is 0 Å². The number of anilines is 2. The predicted molar refractivity (Wildman–Crippen MR) is 87.9 cm³/mol. The van der Waals surface area contributed by atoms with E-state index < -0.39 is 11.8 Å². The molecule has 0 fully saturated rings. The SMILES string of the molecule is O=C(Nc1cc(Cl)cc(Cl)c1)C(=O)Nc1ccccc1Br. The van der Waals surface area contributed by atoms with Crippen molar-refractivity contribution in [2.75, 3.05) is 10.6 Å². The first-order chi connectivity index (χ1) is 9.95. The molecule has 0 unspecified atom stereocenters. The van der Waals surface area contributed by atoms with Crippen LogP contribution in [0, 0.1) is 0 Å². The molecule has 0 spiro atoms. The highest BCUT2D eigenvalue weighted by atomic mass is 79.9. The zero-order valence-electron chi connectivity index (χ0n) is 10.5. The van der Waals surface area contributed by atoms with Gasteiger partial charge < -0.3 is 10.6 Å². The van der Waals surface area contributed by atoms with E-state index in [4.69, 9.17) is 23.2 Å². The topological polar surface area (TPSA) is 58.2 Å². The van der Waals surface area contributed by atoms with Crippen molar-refractivity contribution in [3.05, 3.63) is 57.0 Å². The van der Waals surface area contributed by atoms with Crippen molar-refractivity contribution in [1.82, 2.24) is 0 Å². The normalized spacial score (nSPS) is 10.0.